The van der Waals surface area contributed by atoms with Crippen LogP contribution in [0.2, 0.25) is 5.02 Å². The van der Waals surface area contributed by atoms with E-state index in [0.717, 1.165) is 40.7 Å². The van der Waals surface area contributed by atoms with Crippen LogP contribution in [0.3, 0.4) is 0 Å². The van der Waals surface area contributed by atoms with E-state index in [0.29, 0.717) is 23.0 Å². The fourth-order valence-corrected chi connectivity index (χ4v) is 3.98. The van der Waals surface area contributed by atoms with Crippen LogP contribution in [0.4, 0.5) is 0 Å². The van der Waals surface area contributed by atoms with Gasteiger partial charge >= 0.3 is 0 Å². The molecule has 0 atom stereocenters. The van der Waals surface area contributed by atoms with Gasteiger partial charge in [0.05, 0.1) is 24.1 Å². The van der Waals surface area contributed by atoms with Crippen LogP contribution in [0, 0.1) is 13.8 Å². The Balaban J connectivity index is 1.73. The lowest BCUT2D eigenvalue weighted by Crippen LogP contribution is -2.26. The lowest BCUT2D eigenvalue weighted by molar-refractivity contribution is 0.624. The van der Waals surface area contributed by atoms with Crippen LogP contribution in [0.25, 0.3) is 16.6 Å². The number of fused-ring (bicyclic) bond motifs is 1. The van der Waals surface area contributed by atoms with Gasteiger partial charge < -0.3 is 0 Å². The van der Waals surface area contributed by atoms with E-state index < -0.39 is 0 Å². The van der Waals surface area contributed by atoms with Crippen LogP contribution in [0.1, 0.15) is 41.1 Å². The smallest absolute Gasteiger partial charge is 0.265 e. The molecule has 0 radical (unpaired) electrons. The number of hydrogen-bond acceptors (Lipinski definition) is 3. The molecule has 2 heterocycles. The van der Waals surface area contributed by atoms with Gasteiger partial charge in [-0.25, -0.2) is 9.36 Å². The van der Waals surface area contributed by atoms with Crippen molar-refractivity contribution in [3.8, 4) is 5.69 Å². The van der Waals surface area contributed by atoms with Crippen molar-refractivity contribution in [2.75, 3.05) is 0 Å². The Labute approximate surface area is 173 Å². The highest BCUT2D eigenvalue weighted by Gasteiger charge is 2.30. The minimum atomic E-state index is -0.136. The average Bonchev–Trinajstić information content (AvgIpc) is 3.44. The Morgan fingerprint density at radius 1 is 1.14 bits per heavy atom. The largest absolute Gasteiger partial charge is 0.293 e. The Kier molecular flexibility index (Phi) is 4.28. The van der Waals surface area contributed by atoms with Crippen LogP contribution in [-0.2, 0) is 6.54 Å². The zero-order valence-corrected chi connectivity index (χ0v) is 17.1. The van der Waals surface area contributed by atoms with Gasteiger partial charge in [-0.2, -0.15) is 10.2 Å². The molecule has 0 amide bonds. The van der Waals surface area contributed by atoms with Gasteiger partial charge in [0.2, 0.25) is 0 Å². The summed E-state index contributed by atoms with van der Waals surface area (Å²) in [6.45, 7) is 4.57. The van der Waals surface area contributed by atoms with Crippen molar-refractivity contribution in [3.63, 3.8) is 0 Å². The topological polar surface area (TPSA) is 52.7 Å². The molecule has 5 nitrogen and oxygen atoms in total. The van der Waals surface area contributed by atoms with E-state index in [1.165, 1.54) is 5.56 Å². The van der Waals surface area contributed by atoms with E-state index in [4.69, 9.17) is 16.7 Å². The maximum absolute atomic E-state index is 13.5. The van der Waals surface area contributed by atoms with E-state index in [-0.39, 0.29) is 5.56 Å². The van der Waals surface area contributed by atoms with E-state index in [2.05, 4.69) is 37.1 Å². The molecule has 0 unspecified atom stereocenters. The van der Waals surface area contributed by atoms with Gasteiger partial charge in [0.1, 0.15) is 5.52 Å². The minimum Gasteiger partial charge on any atom is -0.265 e. The predicted octanol–water partition coefficient (Wildman–Crippen LogP) is 4.78. The molecule has 5 rings (SSSR count). The molecular formula is C23H21ClN4O. The number of hydrogen-bond donors (Lipinski definition) is 0. The number of benzene rings is 2. The highest BCUT2D eigenvalue weighted by atomic mass is 35.5. The Hall–Kier alpha value is -2.92. The van der Waals surface area contributed by atoms with Gasteiger partial charge in [-0.1, -0.05) is 41.4 Å². The molecular weight excluding hydrogens is 384 g/mol. The summed E-state index contributed by atoms with van der Waals surface area (Å²) in [5, 5.41) is 10.8. The van der Waals surface area contributed by atoms with Crippen molar-refractivity contribution in [1.29, 1.82) is 0 Å². The maximum atomic E-state index is 13.5. The van der Waals surface area contributed by atoms with Crippen LogP contribution in [0.15, 0.2) is 53.5 Å². The molecule has 0 saturated heterocycles. The Morgan fingerprint density at radius 3 is 2.72 bits per heavy atom. The number of rotatable bonds is 4. The highest BCUT2D eigenvalue weighted by Crippen LogP contribution is 2.41. The van der Waals surface area contributed by atoms with Crippen molar-refractivity contribution in [2.24, 2.45) is 0 Å². The van der Waals surface area contributed by atoms with Gasteiger partial charge in [-0.3, -0.25) is 4.79 Å². The lowest BCUT2D eigenvalue weighted by atomic mass is 10.1. The summed E-state index contributed by atoms with van der Waals surface area (Å²) in [5.74, 6) is 0.403. The third-order valence-corrected chi connectivity index (χ3v) is 5.79. The molecule has 1 aliphatic rings. The molecule has 0 N–H and O–H groups in total. The second-order valence-corrected chi connectivity index (χ2v) is 8.29. The van der Waals surface area contributed by atoms with Crippen molar-refractivity contribution in [1.82, 2.24) is 19.6 Å². The van der Waals surface area contributed by atoms with Gasteiger partial charge in [-0.15, -0.1) is 0 Å². The lowest BCUT2D eigenvalue weighted by Gasteiger charge is -2.12. The molecule has 0 bridgehead atoms. The third-order valence-electron chi connectivity index (χ3n) is 5.55. The molecule has 6 heteroatoms. The molecule has 2 aromatic heterocycles. The van der Waals surface area contributed by atoms with Gasteiger partial charge in [0, 0.05) is 16.3 Å². The van der Waals surface area contributed by atoms with Gasteiger partial charge in [-0.05, 0) is 56.0 Å². The second kappa shape index (κ2) is 6.85. The number of nitrogens with zero attached hydrogens (tertiary/aromatic N) is 4. The molecule has 1 saturated carbocycles. The molecule has 4 aromatic rings. The first-order chi connectivity index (χ1) is 14.0. The first-order valence-corrected chi connectivity index (χ1v) is 10.2. The summed E-state index contributed by atoms with van der Waals surface area (Å²) in [6.07, 6.45) is 3.97. The summed E-state index contributed by atoms with van der Waals surface area (Å²) in [4.78, 5) is 13.5. The fraction of sp³-hybridized carbons (Fsp3) is 0.261. The average molecular weight is 405 g/mol. The summed E-state index contributed by atoms with van der Waals surface area (Å²) in [6, 6.07) is 13.7. The molecule has 146 valence electrons. The molecule has 0 spiro atoms. The minimum absolute atomic E-state index is 0.136. The third kappa shape index (κ3) is 3.25. The van der Waals surface area contributed by atoms with Crippen LogP contribution in [0.5, 0.6) is 0 Å². The molecule has 2 aromatic carbocycles. The molecule has 29 heavy (non-hydrogen) atoms. The number of aromatic nitrogens is 4. The second-order valence-electron chi connectivity index (χ2n) is 7.85. The zero-order chi connectivity index (χ0) is 20.1. The molecule has 1 fully saturated rings. The SMILES string of the molecule is Cc1ccc(C)c(Cn2nc(C3CC3)c3cnn(-c4cccc(Cl)c4)c3c2=O)c1. The van der Waals surface area contributed by atoms with Crippen LogP contribution < -0.4 is 5.56 Å². The van der Waals surface area contributed by atoms with Crippen molar-refractivity contribution < 1.29 is 0 Å². The number of aryl methyl sites for hydroxylation is 2. The maximum Gasteiger partial charge on any atom is 0.293 e. The first-order valence-electron chi connectivity index (χ1n) is 9.82. The summed E-state index contributed by atoms with van der Waals surface area (Å²) >= 11 is 6.18. The van der Waals surface area contributed by atoms with Crippen molar-refractivity contribution in [3.05, 3.63) is 86.4 Å². The zero-order valence-electron chi connectivity index (χ0n) is 16.4. The quantitative estimate of drug-likeness (QED) is 0.492. The van der Waals surface area contributed by atoms with Crippen molar-refractivity contribution >= 4 is 22.5 Å². The van der Waals surface area contributed by atoms with Gasteiger partial charge in [0.25, 0.3) is 5.56 Å². The van der Waals surface area contributed by atoms with E-state index in [9.17, 15) is 4.79 Å². The fourth-order valence-electron chi connectivity index (χ4n) is 3.79. The normalized spacial score (nSPS) is 13.9. The van der Waals surface area contributed by atoms with Crippen LogP contribution >= 0.6 is 11.6 Å². The summed E-state index contributed by atoms with van der Waals surface area (Å²) in [7, 11) is 0. The Morgan fingerprint density at radius 2 is 1.97 bits per heavy atom. The standard InChI is InChI=1S/C23H21ClN4O/c1-14-6-7-15(2)17(10-14)13-27-23(29)22-20(21(26-27)16-8-9-16)12-25-28(22)19-5-3-4-18(24)11-19/h3-7,10-12,16H,8-9,13H2,1-2H3. The van der Waals surface area contributed by atoms with Crippen molar-refractivity contribution in [2.45, 2.75) is 39.2 Å². The monoisotopic (exact) mass is 404 g/mol. The first kappa shape index (κ1) is 18.1. The van der Waals surface area contributed by atoms with Gasteiger partial charge in [0.15, 0.2) is 0 Å². The summed E-state index contributed by atoms with van der Waals surface area (Å²) in [5.41, 5.74) is 5.60. The Bertz CT molecular complexity index is 1300. The van der Waals surface area contributed by atoms with Crippen LogP contribution in [-0.4, -0.2) is 19.6 Å². The van der Waals surface area contributed by atoms with E-state index >= 15 is 0 Å². The van der Waals surface area contributed by atoms with E-state index in [1.54, 1.807) is 15.6 Å². The molecule has 0 aliphatic heterocycles. The summed E-state index contributed by atoms with van der Waals surface area (Å²) < 4.78 is 3.29. The molecule has 1 aliphatic carbocycles. The predicted molar refractivity (Wildman–Crippen MR) is 115 cm³/mol. The number of halogens is 1. The highest BCUT2D eigenvalue weighted by molar-refractivity contribution is 6.30. The van der Waals surface area contributed by atoms with E-state index in [1.807, 2.05) is 24.3 Å².